The van der Waals surface area contributed by atoms with Crippen LogP contribution in [0.1, 0.15) is 21.7 Å². The molecule has 0 bridgehead atoms. The van der Waals surface area contributed by atoms with Gasteiger partial charge in [-0.1, -0.05) is 0 Å². The number of amides is 1. The third-order valence-electron chi connectivity index (χ3n) is 2.95. The van der Waals surface area contributed by atoms with Crippen LogP contribution in [0.4, 0.5) is 18.9 Å². The van der Waals surface area contributed by atoms with Gasteiger partial charge in [-0.3, -0.25) is 9.48 Å². The molecule has 0 spiro atoms. The Balaban J connectivity index is 2.18. The molecule has 0 saturated carbocycles. The maximum Gasteiger partial charge on any atom is 0.416 e. The fraction of sp³-hybridized carbons (Fsp3) is 0.231. The van der Waals surface area contributed by atoms with E-state index >= 15 is 0 Å². The first kappa shape index (κ1) is 15.6. The van der Waals surface area contributed by atoms with Crippen LogP contribution < -0.4 is 5.32 Å². The fourth-order valence-corrected chi connectivity index (χ4v) is 2.18. The first-order valence-corrected chi connectivity index (χ1v) is 6.67. The molecule has 8 heteroatoms. The maximum atomic E-state index is 12.4. The Kier molecular flexibility index (Phi) is 4.08. The van der Waals surface area contributed by atoms with Crippen molar-refractivity contribution in [3.63, 3.8) is 0 Å². The summed E-state index contributed by atoms with van der Waals surface area (Å²) in [6.45, 7) is 1.78. The highest BCUT2D eigenvalue weighted by Crippen LogP contribution is 2.30. The van der Waals surface area contributed by atoms with Crippen molar-refractivity contribution in [3.8, 4) is 0 Å². The smallest absolute Gasteiger partial charge is 0.321 e. The van der Waals surface area contributed by atoms with Gasteiger partial charge in [0.2, 0.25) is 0 Å². The van der Waals surface area contributed by atoms with Gasteiger partial charge in [0.1, 0.15) is 0 Å². The Morgan fingerprint density at radius 1 is 1.29 bits per heavy atom. The van der Waals surface area contributed by atoms with Crippen molar-refractivity contribution in [1.82, 2.24) is 9.78 Å². The molecule has 4 nitrogen and oxygen atoms in total. The molecule has 0 aliphatic heterocycles. The van der Waals surface area contributed by atoms with Gasteiger partial charge < -0.3 is 5.32 Å². The van der Waals surface area contributed by atoms with E-state index in [1.807, 2.05) is 0 Å². The number of anilines is 1. The Morgan fingerprint density at radius 2 is 1.86 bits per heavy atom. The van der Waals surface area contributed by atoms with E-state index in [4.69, 9.17) is 0 Å². The van der Waals surface area contributed by atoms with Gasteiger partial charge in [0.05, 0.1) is 15.7 Å². The summed E-state index contributed by atoms with van der Waals surface area (Å²) in [4.78, 5) is 12.0. The van der Waals surface area contributed by atoms with Crippen LogP contribution in [0.25, 0.3) is 0 Å². The first-order valence-electron chi connectivity index (χ1n) is 5.88. The number of benzene rings is 1. The van der Waals surface area contributed by atoms with Gasteiger partial charge in [0, 0.05) is 12.7 Å². The van der Waals surface area contributed by atoms with E-state index in [1.54, 1.807) is 14.0 Å². The lowest BCUT2D eigenvalue weighted by Crippen LogP contribution is -2.14. The van der Waals surface area contributed by atoms with Crippen LogP contribution in [0.2, 0.25) is 0 Å². The second kappa shape index (κ2) is 5.51. The zero-order valence-corrected chi connectivity index (χ0v) is 12.7. The van der Waals surface area contributed by atoms with Crippen LogP contribution in [-0.4, -0.2) is 15.7 Å². The molecule has 1 heterocycles. The van der Waals surface area contributed by atoms with Crippen molar-refractivity contribution in [2.24, 2.45) is 7.05 Å². The maximum absolute atomic E-state index is 12.4. The highest BCUT2D eigenvalue weighted by atomic mass is 79.9. The molecule has 0 radical (unpaired) electrons. The molecule has 2 aromatic rings. The molecular formula is C13H11BrF3N3O. The largest absolute Gasteiger partial charge is 0.416 e. The second-order valence-corrected chi connectivity index (χ2v) is 5.19. The van der Waals surface area contributed by atoms with Crippen molar-refractivity contribution in [3.05, 3.63) is 45.7 Å². The minimum atomic E-state index is -4.40. The average molecular weight is 362 g/mol. The van der Waals surface area contributed by atoms with E-state index in [9.17, 15) is 18.0 Å². The Bertz CT molecular complexity index is 677. The van der Waals surface area contributed by atoms with Gasteiger partial charge in [-0.2, -0.15) is 18.3 Å². The SMILES string of the molecule is Cc1c(Br)c(C(=O)Nc2ccc(C(F)(F)F)cc2)nn1C. The number of hydrogen-bond acceptors (Lipinski definition) is 2. The molecular weight excluding hydrogens is 351 g/mol. The first-order chi connectivity index (χ1) is 9.70. The van der Waals surface area contributed by atoms with Crippen molar-refractivity contribution >= 4 is 27.5 Å². The van der Waals surface area contributed by atoms with E-state index in [2.05, 4.69) is 26.3 Å². The monoisotopic (exact) mass is 361 g/mol. The van der Waals surface area contributed by atoms with Crippen LogP contribution in [0.15, 0.2) is 28.7 Å². The summed E-state index contributed by atoms with van der Waals surface area (Å²) in [5.74, 6) is -0.495. The normalized spacial score (nSPS) is 11.5. The van der Waals surface area contributed by atoms with Crippen LogP contribution in [-0.2, 0) is 13.2 Å². The molecule has 0 fully saturated rings. The van der Waals surface area contributed by atoms with E-state index in [0.29, 0.717) is 4.47 Å². The molecule has 1 aromatic carbocycles. The number of hydrogen-bond donors (Lipinski definition) is 1. The van der Waals surface area contributed by atoms with Gasteiger partial charge >= 0.3 is 6.18 Å². The van der Waals surface area contributed by atoms with Gasteiger partial charge in [-0.15, -0.1) is 0 Å². The number of aryl methyl sites for hydroxylation is 1. The summed E-state index contributed by atoms with van der Waals surface area (Å²) in [5.41, 5.74) is 0.445. The topological polar surface area (TPSA) is 46.9 Å². The number of halogens is 4. The Labute approximate surface area is 127 Å². The number of nitrogens with one attached hydrogen (secondary N) is 1. The molecule has 0 aliphatic carbocycles. The summed E-state index contributed by atoms with van der Waals surface area (Å²) in [5, 5.41) is 6.55. The van der Waals surface area contributed by atoms with Crippen LogP contribution in [0, 0.1) is 6.92 Å². The number of aromatic nitrogens is 2. The molecule has 2 rings (SSSR count). The van der Waals surface area contributed by atoms with Gasteiger partial charge in [-0.25, -0.2) is 0 Å². The molecule has 0 atom stereocenters. The average Bonchev–Trinajstić information content (AvgIpc) is 2.66. The Hall–Kier alpha value is -1.83. The number of carbonyl (C=O) groups excluding carboxylic acids is 1. The van der Waals surface area contributed by atoms with E-state index in [1.165, 1.54) is 16.8 Å². The van der Waals surface area contributed by atoms with Gasteiger partial charge in [-0.05, 0) is 47.1 Å². The van der Waals surface area contributed by atoms with Crippen LogP contribution in [0.5, 0.6) is 0 Å². The standard InChI is InChI=1S/C13H11BrF3N3O/c1-7-10(14)11(19-20(7)2)12(21)18-9-5-3-8(4-6-9)13(15,16)17/h3-6H,1-2H3,(H,18,21). The van der Waals surface area contributed by atoms with Gasteiger partial charge in [0.15, 0.2) is 5.69 Å². The van der Waals surface area contributed by atoms with Crippen molar-refractivity contribution in [1.29, 1.82) is 0 Å². The molecule has 1 N–H and O–H groups in total. The third kappa shape index (κ3) is 3.26. The van der Waals surface area contributed by atoms with Crippen LogP contribution in [0.3, 0.4) is 0 Å². The number of carbonyl (C=O) groups is 1. The van der Waals surface area contributed by atoms with Crippen molar-refractivity contribution in [2.75, 3.05) is 5.32 Å². The minimum absolute atomic E-state index is 0.176. The molecule has 1 aromatic heterocycles. The minimum Gasteiger partial charge on any atom is -0.321 e. The lowest BCUT2D eigenvalue weighted by Gasteiger charge is -2.08. The summed E-state index contributed by atoms with van der Waals surface area (Å²) in [6, 6.07) is 4.22. The highest BCUT2D eigenvalue weighted by molar-refractivity contribution is 9.10. The van der Waals surface area contributed by atoms with Crippen LogP contribution >= 0.6 is 15.9 Å². The summed E-state index contributed by atoms with van der Waals surface area (Å²) in [7, 11) is 1.69. The zero-order chi connectivity index (χ0) is 15.8. The molecule has 1 amide bonds. The molecule has 0 saturated heterocycles. The van der Waals surface area contributed by atoms with E-state index in [0.717, 1.165) is 17.8 Å². The predicted molar refractivity (Wildman–Crippen MR) is 75.0 cm³/mol. The fourth-order valence-electron chi connectivity index (χ4n) is 1.66. The van der Waals surface area contributed by atoms with Crippen molar-refractivity contribution < 1.29 is 18.0 Å². The predicted octanol–water partition coefficient (Wildman–Crippen LogP) is 3.76. The zero-order valence-electron chi connectivity index (χ0n) is 11.1. The lowest BCUT2D eigenvalue weighted by atomic mass is 10.2. The quantitative estimate of drug-likeness (QED) is 0.884. The second-order valence-electron chi connectivity index (χ2n) is 4.40. The number of rotatable bonds is 2. The number of alkyl halides is 3. The molecule has 21 heavy (non-hydrogen) atoms. The summed E-state index contributed by atoms with van der Waals surface area (Å²) < 4.78 is 39.4. The van der Waals surface area contributed by atoms with E-state index in [-0.39, 0.29) is 11.4 Å². The van der Waals surface area contributed by atoms with Crippen molar-refractivity contribution in [2.45, 2.75) is 13.1 Å². The highest BCUT2D eigenvalue weighted by Gasteiger charge is 2.30. The summed E-state index contributed by atoms with van der Waals surface area (Å²) >= 11 is 3.26. The summed E-state index contributed by atoms with van der Waals surface area (Å²) in [6.07, 6.45) is -4.40. The molecule has 0 aliphatic rings. The lowest BCUT2D eigenvalue weighted by molar-refractivity contribution is -0.137. The van der Waals surface area contributed by atoms with Gasteiger partial charge in [0.25, 0.3) is 5.91 Å². The molecule has 0 unspecified atom stereocenters. The third-order valence-corrected chi connectivity index (χ3v) is 3.90. The molecule has 112 valence electrons. The Morgan fingerprint density at radius 3 is 2.29 bits per heavy atom. The van der Waals surface area contributed by atoms with E-state index < -0.39 is 17.6 Å². The number of nitrogens with zero attached hydrogens (tertiary/aromatic N) is 2.